The predicted octanol–water partition coefficient (Wildman–Crippen LogP) is 2.75. The number of nitrogens with one attached hydrogen (secondary N) is 2. The van der Waals surface area contributed by atoms with Crippen molar-refractivity contribution < 1.29 is 9.52 Å². The molecule has 0 saturated carbocycles. The Bertz CT molecular complexity index is 473. The molecular weight excluding hydrogens is 431 g/mol. The zero-order valence-electron chi connectivity index (χ0n) is 15.4. The van der Waals surface area contributed by atoms with Crippen LogP contribution in [0.5, 0.6) is 0 Å². The summed E-state index contributed by atoms with van der Waals surface area (Å²) in [6.07, 6.45) is 5.67. The van der Waals surface area contributed by atoms with Crippen LogP contribution in [0, 0.1) is 0 Å². The Labute approximate surface area is 168 Å². The molecule has 0 bridgehead atoms. The van der Waals surface area contributed by atoms with Gasteiger partial charge in [0.25, 0.3) is 0 Å². The first-order chi connectivity index (χ1) is 11.7. The molecule has 0 radical (unpaired) electrons. The number of hydrogen-bond acceptors (Lipinski definition) is 4. The second-order valence-corrected chi connectivity index (χ2v) is 6.36. The number of likely N-dealkylation sites (tertiary alicyclic amines) is 1. The van der Waals surface area contributed by atoms with Crippen molar-refractivity contribution in [3.8, 4) is 0 Å². The molecule has 0 amide bonds. The number of piperidine rings is 1. The van der Waals surface area contributed by atoms with E-state index in [9.17, 15) is 5.11 Å². The van der Waals surface area contributed by atoms with Crippen LogP contribution in [0.1, 0.15) is 51.4 Å². The van der Waals surface area contributed by atoms with E-state index in [2.05, 4.69) is 27.4 Å². The summed E-state index contributed by atoms with van der Waals surface area (Å²) in [6, 6.07) is 3.99. The average molecular weight is 464 g/mol. The maximum atomic E-state index is 10.1. The number of hydrogen-bond donors (Lipinski definition) is 3. The molecule has 1 aromatic rings. The minimum Gasteiger partial charge on any atom is -0.467 e. The van der Waals surface area contributed by atoms with Crippen LogP contribution in [0.25, 0.3) is 0 Å². The van der Waals surface area contributed by atoms with Crippen molar-refractivity contribution in [1.29, 1.82) is 0 Å². The molecule has 1 fully saturated rings. The normalized spacial score (nSPS) is 17.8. The summed E-state index contributed by atoms with van der Waals surface area (Å²) in [6.45, 7) is 8.89. The Kier molecular flexibility index (Phi) is 11.2. The molecule has 25 heavy (non-hydrogen) atoms. The number of rotatable bonds is 8. The molecule has 1 saturated heterocycles. The van der Waals surface area contributed by atoms with E-state index in [4.69, 9.17) is 4.42 Å². The lowest BCUT2D eigenvalue weighted by atomic mass is 10.0. The van der Waals surface area contributed by atoms with Crippen LogP contribution in [-0.4, -0.2) is 54.7 Å². The Hall–Kier alpha value is -0.800. The van der Waals surface area contributed by atoms with Crippen LogP contribution in [0.4, 0.5) is 0 Å². The van der Waals surface area contributed by atoms with E-state index in [0.29, 0.717) is 11.8 Å². The van der Waals surface area contributed by atoms with Gasteiger partial charge >= 0.3 is 0 Å². The first kappa shape index (κ1) is 22.2. The fraction of sp³-hybridized carbons (Fsp3) is 0.722. The summed E-state index contributed by atoms with van der Waals surface area (Å²) in [5, 5.41) is 16.9. The molecule has 0 aliphatic carbocycles. The van der Waals surface area contributed by atoms with Gasteiger partial charge in [0.05, 0.1) is 12.8 Å². The number of aliphatic imine (C=N–C) groups is 1. The standard InChI is InChI=1S/C18H32N4O2.HI/c1-3-5-10-22-11-8-15(9-12-22)21-18(19-4-2)20-14-16(23)17-7-6-13-24-17;/h6-7,13,15-16,23H,3-5,8-12,14H2,1-2H3,(H2,19,20,21);1H. The minimum atomic E-state index is -0.702. The lowest BCUT2D eigenvalue weighted by Crippen LogP contribution is -2.48. The van der Waals surface area contributed by atoms with E-state index in [1.807, 2.05) is 6.92 Å². The molecule has 1 aliphatic rings. The molecule has 1 atom stereocenters. The van der Waals surface area contributed by atoms with Gasteiger partial charge in [-0.2, -0.15) is 0 Å². The van der Waals surface area contributed by atoms with E-state index in [-0.39, 0.29) is 30.5 Å². The molecule has 0 spiro atoms. The molecule has 1 unspecified atom stereocenters. The SMILES string of the molecule is CCCCN1CCC(NC(=NCC(O)c2ccco2)NCC)CC1.I. The molecular formula is C18H33IN4O2. The van der Waals surface area contributed by atoms with E-state index < -0.39 is 6.10 Å². The Morgan fingerprint density at radius 2 is 2.16 bits per heavy atom. The number of aliphatic hydroxyl groups excluding tert-OH is 1. The van der Waals surface area contributed by atoms with E-state index in [1.54, 1.807) is 18.4 Å². The summed E-state index contributed by atoms with van der Waals surface area (Å²) in [4.78, 5) is 7.05. The number of guanidine groups is 1. The summed E-state index contributed by atoms with van der Waals surface area (Å²) in [5.41, 5.74) is 0. The van der Waals surface area contributed by atoms with Gasteiger partial charge in [0.2, 0.25) is 0 Å². The molecule has 3 N–H and O–H groups in total. The van der Waals surface area contributed by atoms with Gasteiger partial charge in [-0.05, 0) is 44.9 Å². The van der Waals surface area contributed by atoms with Gasteiger partial charge in [0, 0.05) is 25.7 Å². The Balaban J connectivity index is 0.00000312. The molecule has 2 heterocycles. The number of unbranched alkanes of at least 4 members (excludes halogenated alkanes) is 1. The molecule has 7 heteroatoms. The zero-order chi connectivity index (χ0) is 17.2. The van der Waals surface area contributed by atoms with Crippen LogP contribution >= 0.6 is 24.0 Å². The highest BCUT2D eigenvalue weighted by molar-refractivity contribution is 14.0. The Morgan fingerprint density at radius 1 is 1.40 bits per heavy atom. The summed E-state index contributed by atoms with van der Waals surface area (Å²) in [5.74, 6) is 1.33. The number of furan rings is 1. The van der Waals surface area contributed by atoms with Crippen molar-refractivity contribution in [2.75, 3.05) is 32.7 Å². The summed E-state index contributed by atoms with van der Waals surface area (Å²) in [7, 11) is 0. The first-order valence-corrected chi connectivity index (χ1v) is 9.21. The fourth-order valence-electron chi connectivity index (χ4n) is 2.94. The van der Waals surface area contributed by atoms with Gasteiger partial charge in [-0.25, -0.2) is 0 Å². The highest BCUT2D eigenvalue weighted by Crippen LogP contribution is 2.14. The highest BCUT2D eigenvalue weighted by Gasteiger charge is 2.19. The van der Waals surface area contributed by atoms with Gasteiger partial charge in [-0.15, -0.1) is 24.0 Å². The molecule has 144 valence electrons. The number of aliphatic hydroxyl groups is 1. The monoisotopic (exact) mass is 464 g/mol. The fourth-order valence-corrected chi connectivity index (χ4v) is 2.94. The third-order valence-corrected chi connectivity index (χ3v) is 4.39. The zero-order valence-corrected chi connectivity index (χ0v) is 17.7. The third-order valence-electron chi connectivity index (χ3n) is 4.39. The quantitative estimate of drug-likeness (QED) is 0.314. The second-order valence-electron chi connectivity index (χ2n) is 6.36. The van der Waals surface area contributed by atoms with Gasteiger partial charge in [0.1, 0.15) is 11.9 Å². The largest absolute Gasteiger partial charge is 0.467 e. The van der Waals surface area contributed by atoms with Crippen LogP contribution in [0.15, 0.2) is 27.8 Å². The van der Waals surface area contributed by atoms with Gasteiger partial charge in [-0.3, -0.25) is 4.99 Å². The van der Waals surface area contributed by atoms with E-state index in [1.165, 1.54) is 19.4 Å². The van der Waals surface area contributed by atoms with E-state index >= 15 is 0 Å². The maximum Gasteiger partial charge on any atom is 0.191 e. The van der Waals surface area contributed by atoms with Crippen molar-refractivity contribution in [2.45, 2.75) is 51.7 Å². The highest BCUT2D eigenvalue weighted by atomic mass is 127. The van der Waals surface area contributed by atoms with Gasteiger partial charge < -0.3 is 25.1 Å². The van der Waals surface area contributed by atoms with Crippen molar-refractivity contribution in [3.63, 3.8) is 0 Å². The van der Waals surface area contributed by atoms with Crippen LogP contribution in [0.2, 0.25) is 0 Å². The number of halogens is 1. The first-order valence-electron chi connectivity index (χ1n) is 9.21. The van der Waals surface area contributed by atoms with Crippen molar-refractivity contribution >= 4 is 29.9 Å². The summed E-state index contributed by atoms with van der Waals surface area (Å²) >= 11 is 0. The second kappa shape index (κ2) is 12.5. The third kappa shape index (κ3) is 7.96. The van der Waals surface area contributed by atoms with Crippen molar-refractivity contribution in [2.24, 2.45) is 4.99 Å². The van der Waals surface area contributed by atoms with Gasteiger partial charge in [0.15, 0.2) is 5.96 Å². The van der Waals surface area contributed by atoms with Gasteiger partial charge in [-0.1, -0.05) is 13.3 Å². The average Bonchev–Trinajstić information content (AvgIpc) is 3.13. The van der Waals surface area contributed by atoms with Crippen molar-refractivity contribution in [3.05, 3.63) is 24.2 Å². The lowest BCUT2D eigenvalue weighted by Gasteiger charge is -2.33. The molecule has 6 nitrogen and oxygen atoms in total. The predicted molar refractivity (Wildman–Crippen MR) is 113 cm³/mol. The van der Waals surface area contributed by atoms with E-state index in [0.717, 1.165) is 38.4 Å². The topological polar surface area (TPSA) is 73.0 Å². The number of nitrogens with zero attached hydrogens (tertiary/aromatic N) is 2. The molecule has 2 rings (SSSR count). The molecule has 1 aliphatic heterocycles. The van der Waals surface area contributed by atoms with Crippen molar-refractivity contribution in [1.82, 2.24) is 15.5 Å². The summed E-state index contributed by atoms with van der Waals surface area (Å²) < 4.78 is 5.22. The lowest BCUT2D eigenvalue weighted by molar-refractivity contribution is 0.158. The Morgan fingerprint density at radius 3 is 2.76 bits per heavy atom. The van der Waals surface area contributed by atoms with Crippen LogP contribution < -0.4 is 10.6 Å². The maximum absolute atomic E-state index is 10.1. The van der Waals surface area contributed by atoms with Crippen LogP contribution in [-0.2, 0) is 0 Å². The molecule has 0 aromatic carbocycles. The van der Waals surface area contributed by atoms with Crippen LogP contribution in [0.3, 0.4) is 0 Å². The minimum absolute atomic E-state index is 0. The smallest absolute Gasteiger partial charge is 0.191 e. The molecule has 1 aromatic heterocycles.